The SMILES string of the molecule is Cc1ccc(/C=C/S(=O)(=O)N2CCN(c3ccc(-c4ccc(F)cc4)nn3)CC2)cc1. The first kappa shape index (κ1) is 21.1. The van der Waals surface area contributed by atoms with Crippen LogP contribution in [0.1, 0.15) is 11.1 Å². The highest BCUT2D eigenvalue weighted by atomic mass is 32.2. The molecule has 0 amide bonds. The fraction of sp³-hybridized carbons (Fsp3) is 0.217. The molecule has 0 N–H and O–H groups in total. The molecule has 31 heavy (non-hydrogen) atoms. The number of nitrogens with zero attached hydrogens (tertiary/aromatic N) is 4. The fourth-order valence-corrected chi connectivity index (χ4v) is 4.54. The van der Waals surface area contributed by atoms with Gasteiger partial charge in [-0.3, -0.25) is 0 Å². The van der Waals surface area contributed by atoms with Crippen molar-refractivity contribution in [3.63, 3.8) is 0 Å². The van der Waals surface area contributed by atoms with Crippen LogP contribution in [0.3, 0.4) is 0 Å². The molecule has 0 bridgehead atoms. The van der Waals surface area contributed by atoms with Gasteiger partial charge in [-0.1, -0.05) is 29.8 Å². The van der Waals surface area contributed by atoms with Crippen molar-refractivity contribution in [1.82, 2.24) is 14.5 Å². The van der Waals surface area contributed by atoms with Crippen LogP contribution in [0.25, 0.3) is 17.3 Å². The monoisotopic (exact) mass is 438 g/mol. The second-order valence-corrected chi connectivity index (χ2v) is 9.25. The Morgan fingerprint density at radius 1 is 0.871 bits per heavy atom. The molecule has 1 aromatic heterocycles. The molecule has 3 aromatic rings. The Morgan fingerprint density at radius 3 is 2.16 bits per heavy atom. The average Bonchev–Trinajstić information content (AvgIpc) is 2.79. The predicted molar refractivity (Wildman–Crippen MR) is 120 cm³/mol. The largest absolute Gasteiger partial charge is 0.352 e. The van der Waals surface area contributed by atoms with Crippen LogP contribution in [0.15, 0.2) is 66.1 Å². The van der Waals surface area contributed by atoms with Gasteiger partial charge in [0.2, 0.25) is 10.0 Å². The predicted octanol–water partition coefficient (Wildman–Crippen LogP) is 3.71. The molecule has 0 unspecified atom stereocenters. The van der Waals surface area contributed by atoms with Gasteiger partial charge in [0.1, 0.15) is 5.82 Å². The van der Waals surface area contributed by atoms with E-state index in [-0.39, 0.29) is 5.82 Å². The van der Waals surface area contributed by atoms with Crippen molar-refractivity contribution in [3.8, 4) is 11.3 Å². The van der Waals surface area contributed by atoms with Crippen LogP contribution in [-0.2, 0) is 10.0 Å². The van der Waals surface area contributed by atoms with Crippen LogP contribution in [0, 0.1) is 12.7 Å². The van der Waals surface area contributed by atoms with Gasteiger partial charge in [-0.15, -0.1) is 10.2 Å². The van der Waals surface area contributed by atoms with Gasteiger partial charge in [0.15, 0.2) is 5.82 Å². The van der Waals surface area contributed by atoms with Gasteiger partial charge in [-0.2, -0.15) is 4.31 Å². The molecular weight excluding hydrogens is 415 g/mol. The number of hydrogen-bond donors (Lipinski definition) is 0. The number of aromatic nitrogens is 2. The third kappa shape index (κ3) is 5.15. The fourth-order valence-electron chi connectivity index (χ4n) is 3.37. The van der Waals surface area contributed by atoms with E-state index in [4.69, 9.17) is 0 Å². The van der Waals surface area contributed by atoms with Crippen molar-refractivity contribution in [2.45, 2.75) is 6.92 Å². The third-order valence-electron chi connectivity index (χ3n) is 5.22. The zero-order chi connectivity index (χ0) is 21.8. The Labute approximate surface area is 181 Å². The molecule has 4 rings (SSSR count). The molecule has 0 saturated carbocycles. The Kier molecular flexibility index (Phi) is 6.11. The second-order valence-electron chi connectivity index (χ2n) is 7.43. The topological polar surface area (TPSA) is 66.4 Å². The van der Waals surface area contributed by atoms with Crippen LogP contribution in [0.2, 0.25) is 0 Å². The molecule has 0 spiro atoms. The highest BCUT2D eigenvalue weighted by molar-refractivity contribution is 7.92. The van der Waals surface area contributed by atoms with Gasteiger partial charge in [-0.05, 0) is 55.0 Å². The molecule has 2 aromatic carbocycles. The number of benzene rings is 2. The molecule has 0 aliphatic carbocycles. The average molecular weight is 439 g/mol. The van der Waals surface area contributed by atoms with Gasteiger partial charge in [0.25, 0.3) is 0 Å². The maximum atomic E-state index is 13.1. The molecule has 160 valence electrons. The summed E-state index contributed by atoms with van der Waals surface area (Å²) < 4.78 is 39.9. The maximum Gasteiger partial charge on any atom is 0.236 e. The van der Waals surface area contributed by atoms with Crippen LogP contribution >= 0.6 is 0 Å². The number of anilines is 1. The quantitative estimate of drug-likeness (QED) is 0.608. The van der Waals surface area contributed by atoms with E-state index < -0.39 is 10.0 Å². The zero-order valence-electron chi connectivity index (χ0n) is 17.1. The van der Waals surface area contributed by atoms with Gasteiger partial charge >= 0.3 is 0 Å². The summed E-state index contributed by atoms with van der Waals surface area (Å²) in [6.45, 7) is 3.80. The molecular formula is C23H23FN4O2S. The van der Waals surface area contributed by atoms with Crippen molar-refractivity contribution in [2.75, 3.05) is 31.1 Å². The first-order valence-corrected chi connectivity index (χ1v) is 11.5. The molecule has 0 radical (unpaired) electrons. The van der Waals surface area contributed by atoms with Crippen LogP contribution in [0.4, 0.5) is 10.2 Å². The minimum Gasteiger partial charge on any atom is -0.352 e. The third-order valence-corrected chi connectivity index (χ3v) is 6.79. The molecule has 8 heteroatoms. The van der Waals surface area contributed by atoms with Crippen molar-refractivity contribution < 1.29 is 12.8 Å². The summed E-state index contributed by atoms with van der Waals surface area (Å²) in [5, 5.41) is 9.77. The summed E-state index contributed by atoms with van der Waals surface area (Å²) in [7, 11) is -3.48. The van der Waals surface area contributed by atoms with E-state index in [2.05, 4.69) is 10.2 Å². The summed E-state index contributed by atoms with van der Waals surface area (Å²) >= 11 is 0. The normalized spacial score (nSPS) is 15.5. The lowest BCUT2D eigenvalue weighted by molar-refractivity contribution is 0.388. The summed E-state index contributed by atoms with van der Waals surface area (Å²) in [4.78, 5) is 2.01. The number of piperazine rings is 1. The molecule has 1 aliphatic rings. The lowest BCUT2D eigenvalue weighted by atomic mass is 10.1. The highest BCUT2D eigenvalue weighted by Crippen LogP contribution is 2.20. The van der Waals surface area contributed by atoms with Gasteiger partial charge in [0.05, 0.1) is 5.69 Å². The number of halogens is 1. The number of sulfonamides is 1. The number of rotatable bonds is 5. The van der Waals surface area contributed by atoms with Crippen molar-refractivity contribution in [3.05, 3.63) is 83.0 Å². The van der Waals surface area contributed by atoms with E-state index in [0.29, 0.717) is 37.7 Å². The van der Waals surface area contributed by atoms with E-state index in [1.807, 2.05) is 48.2 Å². The summed E-state index contributed by atoms with van der Waals surface area (Å²) in [5.41, 5.74) is 3.43. The first-order valence-electron chi connectivity index (χ1n) is 10.0. The van der Waals surface area contributed by atoms with E-state index in [9.17, 15) is 12.8 Å². The summed E-state index contributed by atoms with van der Waals surface area (Å²) in [5.74, 6) is 0.396. The molecule has 2 heterocycles. The highest BCUT2D eigenvalue weighted by Gasteiger charge is 2.25. The number of aryl methyl sites for hydroxylation is 1. The van der Waals surface area contributed by atoms with Crippen molar-refractivity contribution >= 4 is 21.9 Å². The lowest BCUT2D eigenvalue weighted by Gasteiger charge is -2.33. The van der Waals surface area contributed by atoms with E-state index >= 15 is 0 Å². The van der Waals surface area contributed by atoms with Crippen molar-refractivity contribution in [2.24, 2.45) is 0 Å². The molecule has 1 saturated heterocycles. The van der Waals surface area contributed by atoms with Gasteiger partial charge in [-0.25, -0.2) is 12.8 Å². The molecule has 6 nitrogen and oxygen atoms in total. The molecule has 0 atom stereocenters. The summed E-state index contributed by atoms with van der Waals surface area (Å²) in [6, 6.07) is 17.5. The minimum absolute atomic E-state index is 0.296. The van der Waals surface area contributed by atoms with Crippen LogP contribution in [0.5, 0.6) is 0 Å². The Hall–Kier alpha value is -3.10. The van der Waals surface area contributed by atoms with E-state index in [1.165, 1.54) is 21.8 Å². The van der Waals surface area contributed by atoms with E-state index in [1.54, 1.807) is 18.2 Å². The van der Waals surface area contributed by atoms with Crippen LogP contribution in [-0.4, -0.2) is 49.1 Å². The van der Waals surface area contributed by atoms with Crippen molar-refractivity contribution in [1.29, 1.82) is 0 Å². The zero-order valence-corrected chi connectivity index (χ0v) is 18.0. The minimum atomic E-state index is -3.48. The second kappa shape index (κ2) is 8.95. The number of hydrogen-bond acceptors (Lipinski definition) is 5. The van der Waals surface area contributed by atoms with E-state index in [0.717, 1.165) is 16.7 Å². The molecule has 1 aliphatic heterocycles. The lowest BCUT2D eigenvalue weighted by Crippen LogP contribution is -2.48. The Bertz CT molecular complexity index is 1150. The smallest absolute Gasteiger partial charge is 0.236 e. The first-order chi connectivity index (χ1) is 14.9. The Balaban J connectivity index is 1.37. The van der Waals surface area contributed by atoms with Gasteiger partial charge < -0.3 is 4.90 Å². The molecule has 1 fully saturated rings. The maximum absolute atomic E-state index is 13.1. The standard InChI is InChI=1S/C23H23FN4O2S/c1-18-2-4-19(5-3-18)12-17-31(29,30)28-15-13-27(14-16-28)23-11-10-22(25-26-23)20-6-8-21(24)9-7-20/h2-12,17H,13-16H2,1H3/b17-12+. The summed E-state index contributed by atoms with van der Waals surface area (Å²) in [6.07, 6.45) is 1.63. The van der Waals surface area contributed by atoms with Gasteiger partial charge in [0, 0.05) is 37.2 Å². The van der Waals surface area contributed by atoms with Crippen LogP contribution < -0.4 is 4.90 Å². The Morgan fingerprint density at radius 2 is 1.55 bits per heavy atom.